The first kappa shape index (κ1) is 10.9. The number of carbonyl (C=O) groups is 1. The summed E-state index contributed by atoms with van der Waals surface area (Å²) >= 11 is 0. The van der Waals surface area contributed by atoms with Crippen LogP contribution in [0.1, 0.15) is 21.5 Å². The summed E-state index contributed by atoms with van der Waals surface area (Å²) in [5, 5.41) is 0. The van der Waals surface area contributed by atoms with Crippen LogP contribution >= 0.6 is 0 Å². The van der Waals surface area contributed by atoms with Crippen LogP contribution in [0, 0.1) is 0 Å². The largest absolute Gasteiger partial charge is 0.472 e. The Kier molecular flexibility index (Phi) is 2.55. The zero-order valence-corrected chi connectivity index (χ0v) is 9.93. The van der Waals surface area contributed by atoms with E-state index in [1.54, 1.807) is 6.07 Å². The van der Waals surface area contributed by atoms with Gasteiger partial charge in [0.25, 0.3) is 5.91 Å². The average molecular weight is 242 g/mol. The fourth-order valence-corrected chi connectivity index (χ4v) is 2.35. The van der Waals surface area contributed by atoms with Crippen LogP contribution in [-0.2, 0) is 13.0 Å². The van der Waals surface area contributed by atoms with Crippen molar-refractivity contribution in [3.63, 3.8) is 0 Å². The Morgan fingerprint density at radius 3 is 3.00 bits per heavy atom. The van der Waals surface area contributed by atoms with Gasteiger partial charge in [-0.1, -0.05) is 12.1 Å². The van der Waals surface area contributed by atoms with Crippen LogP contribution in [0.3, 0.4) is 0 Å². The maximum Gasteiger partial charge on any atom is 0.257 e. The lowest BCUT2D eigenvalue weighted by Crippen LogP contribution is -2.36. The molecule has 0 saturated carbocycles. The molecule has 0 radical (unpaired) electrons. The maximum atomic E-state index is 12.2. The van der Waals surface area contributed by atoms with Crippen LogP contribution < -0.4 is 5.73 Å². The molecule has 0 atom stereocenters. The molecule has 0 aliphatic carbocycles. The van der Waals surface area contributed by atoms with Gasteiger partial charge >= 0.3 is 0 Å². The van der Waals surface area contributed by atoms with Crippen molar-refractivity contribution < 1.29 is 9.21 Å². The van der Waals surface area contributed by atoms with E-state index in [2.05, 4.69) is 6.07 Å². The van der Waals surface area contributed by atoms with Crippen molar-refractivity contribution in [3.8, 4) is 0 Å². The lowest BCUT2D eigenvalue weighted by Gasteiger charge is -2.29. The van der Waals surface area contributed by atoms with Gasteiger partial charge in [0.05, 0.1) is 11.8 Å². The zero-order valence-electron chi connectivity index (χ0n) is 9.93. The number of nitrogens with two attached hydrogens (primary N) is 1. The predicted molar refractivity (Wildman–Crippen MR) is 68.0 cm³/mol. The summed E-state index contributed by atoms with van der Waals surface area (Å²) in [4.78, 5) is 14.0. The molecule has 2 N–H and O–H groups in total. The number of hydrogen-bond donors (Lipinski definition) is 1. The highest BCUT2D eigenvalue weighted by atomic mass is 16.3. The number of carbonyl (C=O) groups excluding carboxylic acids is 1. The van der Waals surface area contributed by atoms with E-state index in [0.29, 0.717) is 12.1 Å². The van der Waals surface area contributed by atoms with Gasteiger partial charge in [0.2, 0.25) is 0 Å². The predicted octanol–water partition coefficient (Wildman–Crippen LogP) is 2.06. The molecule has 0 bridgehead atoms. The Morgan fingerprint density at radius 1 is 1.33 bits per heavy atom. The molecule has 0 saturated heterocycles. The van der Waals surface area contributed by atoms with Crippen molar-refractivity contribution in [1.29, 1.82) is 0 Å². The van der Waals surface area contributed by atoms with Crippen molar-refractivity contribution >= 4 is 11.6 Å². The van der Waals surface area contributed by atoms with E-state index in [1.165, 1.54) is 18.1 Å². The summed E-state index contributed by atoms with van der Waals surface area (Å²) in [7, 11) is 0. The first-order chi connectivity index (χ1) is 8.75. The third-order valence-electron chi connectivity index (χ3n) is 3.36. The molecule has 1 aliphatic rings. The molecule has 0 spiro atoms. The van der Waals surface area contributed by atoms with Gasteiger partial charge in [-0.25, -0.2) is 0 Å². The smallest absolute Gasteiger partial charge is 0.257 e. The number of anilines is 1. The quantitative estimate of drug-likeness (QED) is 0.779. The molecule has 3 rings (SSSR count). The number of furan rings is 1. The van der Waals surface area contributed by atoms with Crippen molar-refractivity contribution in [1.82, 2.24) is 4.90 Å². The van der Waals surface area contributed by atoms with Crippen LogP contribution in [-0.4, -0.2) is 17.4 Å². The summed E-state index contributed by atoms with van der Waals surface area (Å²) < 4.78 is 4.95. The van der Waals surface area contributed by atoms with Gasteiger partial charge in [-0.05, 0) is 29.7 Å². The molecule has 2 heterocycles. The van der Waals surface area contributed by atoms with Crippen molar-refractivity contribution in [3.05, 3.63) is 53.5 Å². The van der Waals surface area contributed by atoms with Gasteiger partial charge in [0, 0.05) is 18.8 Å². The molecule has 1 aromatic heterocycles. The van der Waals surface area contributed by atoms with E-state index < -0.39 is 0 Å². The van der Waals surface area contributed by atoms with Gasteiger partial charge < -0.3 is 15.1 Å². The zero-order chi connectivity index (χ0) is 12.5. The molecule has 1 aliphatic heterocycles. The van der Waals surface area contributed by atoms with Crippen molar-refractivity contribution in [2.75, 3.05) is 12.3 Å². The van der Waals surface area contributed by atoms with Gasteiger partial charge in [0.1, 0.15) is 6.26 Å². The Balaban J connectivity index is 1.87. The summed E-state index contributed by atoms with van der Waals surface area (Å²) in [5.41, 5.74) is 9.63. The maximum absolute atomic E-state index is 12.2. The second-order valence-corrected chi connectivity index (χ2v) is 4.47. The van der Waals surface area contributed by atoms with Gasteiger partial charge in [-0.2, -0.15) is 0 Å². The van der Waals surface area contributed by atoms with Gasteiger partial charge in [0.15, 0.2) is 0 Å². The first-order valence-corrected chi connectivity index (χ1v) is 5.93. The summed E-state index contributed by atoms with van der Waals surface area (Å²) in [5.74, 6) is -0.00217. The second kappa shape index (κ2) is 4.22. The van der Waals surface area contributed by atoms with Crippen LogP contribution in [0.2, 0.25) is 0 Å². The van der Waals surface area contributed by atoms with Gasteiger partial charge in [-0.15, -0.1) is 0 Å². The first-order valence-electron chi connectivity index (χ1n) is 5.93. The molecule has 18 heavy (non-hydrogen) atoms. The van der Waals surface area contributed by atoms with E-state index >= 15 is 0 Å². The Bertz CT molecular complexity index is 575. The number of nitrogens with zero attached hydrogens (tertiary/aromatic N) is 1. The number of nitrogen functional groups attached to an aromatic ring is 1. The molecule has 1 aromatic carbocycles. The molecule has 4 heteroatoms. The Hall–Kier alpha value is -2.23. The fraction of sp³-hybridized carbons (Fsp3) is 0.214. The minimum atomic E-state index is -0.00217. The molecule has 0 fully saturated rings. The molecule has 0 unspecified atom stereocenters. The standard InChI is InChI=1S/C14H14N2O2/c15-13-3-1-2-10-4-6-16(8-12(10)13)14(17)11-5-7-18-9-11/h1-3,5,7,9H,4,6,8,15H2. The summed E-state index contributed by atoms with van der Waals surface area (Å²) in [6, 6.07) is 7.60. The molecular weight excluding hydrogens is 228 g/mol. The van der Waals surface area contributed by atoms with E-state index in [4.69, 9.17) is 10.2 Å². The third kappa shape index (κ3) is 1.76. The molecular formula is C14H14N2O2. The average Bonchev–Trinajstić information content (AvgIpc) is 2.92. The van der Waals surface area contributed by atoms with Crippen LogP contribution in [0.15, 0.2) is 41.2 Å². The van der Waals surface area contributed by atoms with Crippen LogP contribution in [0.25, 0.3) is 0 Å². The highest BCUT2D eigenvalue weighted by Crippen LogP contribution is 2.25. The SMILES string of the molecule is Nc1cccc2c1CN(C(=O)c1ccoc1)CC2. The number of benzene rings is 1. The number of hydrogen-bond acceptors (Lipinski definition) is 3. The topological polar surface area (TPSA) is 59.5 Å². The summed E-state index contributed by atoms with van der Waals surface area (Å²) in [6.45, 7) is 1.30. The Morgan fingerprint density at radius 2 is 2.22 bits per heavy atom. The normalized spacial score (nSPS) is 14.3. The molecule has 2 aromatic rings. The monoisotopic (exact) mass is 242 g/mol. The minimum absolute atomic E-state index is 0.00217. The molecule has 1 amide bonds. The highest BCUT2D eigenvalue weighted by molar-refractivity contribution is 5.94. The third-order valence-corrected chi connectivity index (χ3v) is 3.36. The number of amides is 1. The second-order valence-electron chi connectivity index (χ2n) is 4.47. The van der Waals surface area contributed by atoms with E-state index in [1.807, 2.05) is 17.0 Å². The van der Waals surface area contributed by atoms with Crippen molar-refractivity contribution in [2.45, 2.75) is 13.0 Å². The highest BCUT2D eigenvalue weighted by Gasteiger charge is 2.23. The minimum Gasteiger partial charge on any atom is -0.472 e. The van der Waals surface area contributed by atoms with E-state index in [0.717, 1.165) is 24.2 Å². The molecule has 4 nitrogen and oxygen atoms in total. The summed E-state index contributed by atoms with van der Waals surface area (Å²) in [6.07, 6.45) is 3.84. The lowest BCUT2D eigenvalue weighted by atomic mass is 9.98. The van der Waals surface area contributed by atoms with E-state index in [9.17, 15) is 4.79 Å². The lowest BCUT2D eigenvalue weighted by molar-refractivity contribution is 0.0734. The molecule has 92 valence electrons. The van der Waals surface area contributed by atoms with Crippen LogP contribution in [0.5, 0.6) is 0 Å². The van der Waals surface area contributed by atoms with Crippen molar-refractivity contribution in [2.24, 2.45) is 0 Å². The van der Waals surface area contributed by atoms with E-state index in [-0.39, 0.29) is 5.91 Å². The van der Waals surface area contributed by atoms with Crippen LogP contribution in [0.4, 0.5) is 5.69 Å². The van der Waals surface area contributed by atoms with Gasteiger partial charge in [-0.3, -0.25) is 4.79 Å². The Labute approximate surface area is 105 Å². The number of fused-ring (bicyclic) bond motifs is 1. The fourth-order valence-electron chi connectivity index (χ4n) is 2.35. The number of rotatable bonds is 1.